The lowest BCUT2D eigenvalue weighted by atomic mass is 9.72. The molecular formula is C44H47N5O7. The number of aromatic nitrogens is 1. The van der Waals surface area contributed by atoms with Crippen LogP contribution in [0.1, 0.15) is 58.7 Å². The number of fused-ring (bicyclic) bond motifs is 1. The number of aromatic amines is 1. The molecule has 290 valence electrons. The Labute approximate surface area is 325 Å². The van der Waals surface area contributed by atoms with E-state index in [1.165, 1.54) is 12.1 Å². The number of hydrogen-bond donors (Lipinski definition) is 4. The van der Waals surface area contributed by atoms with Crippen molar-refractivity contribution in [2.75, 3.05) is 32.7 Å². The van der Waals surface area contributed by atoms with Gasteiger partial charge in [-0.3, -0.25) is 19.2 Å². The number of amides is 3. The fraction of sp³-hybridized carbons (Fsp3) is 0.318. The van der Waals surface area contributed by atoms with Gasteiger partial charge in [-0.1, -0.05) is 84.9 Å². The van der Waals surface area contributed by atoms with Gasteiger partial charge < -0.3 is 30.3 Å². The van der Waals surface area contributed by atoms with Crippen molar-refractivity contribution in [1.82, 2.24) is 20.1 Å². The number of carbonyl (C=O) groups excluding carboxylic acids is 3. The number of piperidine rings is 1. The van der Waals surface area contributed by atoms with Crippen molar-refractivity contribution in [1.29, 1.82) is 0 Å². The van der Waals surface area contributed by atoms with Gasteiger partial charge >= 0.3 is 0 Å². The van der Waals surface area contributed by atoms with Crippen LogP contribution in [-0.4, -0.2) is 75.4 Å². The zero-order valence-corrected chi connectivity index (χ0v) is 31.4. The molecule has 1 fully saturated rings. The first kappa shape index (κ1) is 39.7. The Hall–Kier alpha value is -5.98. The number of aliphatic hydroxyl groups is 1. The topological polar surface area (TPSA) is 172 Å². The molecule has 5 aromatic rings. The Morgan fingerprint density at radius 3 is 2.27 bits per heavy atom. The van der Waals surface area contributed by atoms with Gasteiger partial charge in [-0.05, 0) is 78.2 Å². The van der Waals surface area contributed by atoms with E-state index in [0.717, 1.165) is 27.8 Å². The molecule has 1 aliphatic rings. The second kappa shape index (κ2) is 18.1. The maximum absolute atomic E-state index is 13.8. The fourth-order valence-electron chi connectivity index (χ4n) is 7.53. The number of aromatic hydroxyl groups is 1. The predicted molar refractivity (Wildman–Crippen MR) is 214 cm³/mol. The van der Waals surface area contributed by atoms with Gasteiger partial charge in [0.1, 0.15) is 5.75 Å². The summed E-state index contributed by atoms with van der Waals surface area (Å²) in [6.45, 7) is 4.42. The van der Waals surface area contributed by atoms with Crippen LogP contribution in [-0.2, 0) is 39.2 Å². The number of phenols is 1. The van der Waals surface area contributed by atoms with Crippen molar-refractivity contribution in [3.05, 3.63) is 152 Å². The van der Waals surface area contributed by atoms with Gasteiger partial charge in [-0.15, -0.1) is 4.91 Å². The second-order valence-corrected chi connectivity index (χ2v) is 14.5. The van der Waals surface area contributed by atoms with E-state index in [0.29, 0.717) is 62.9 Å². The SMILES string of the molecule is Cc1ccccc1CN(CCCNC[C@H](O)c1ccc(O)c2[nH]c(=O)ccc12)C(=O)Cc1ccc(CC(=O)N2CCC(C(=O)N=O)(c3ccccc3)CC2)cc1. The molecule has 2 heterocycles. The van der Waals surface area contributed by atoms with Gasteiger partial charge in [0.05, 0.1) is 29.9 Å². The van der Waals surface area contributed by atoms with E-state index in [2.05, 4.69) is 15.5 Å². The van der Waals surface area contributed by atoms with Gasteiger partial charge in [0.15, 0.2) is 0 Å². The second-order valence-electron chi connectivity index (χ2n) is 14.5. The third-order valence-corrected chi connectivity index (χ3v) is 10.9. The van der Waals surface area contributed by atoms with Crippen LogP contribution in [0.5, 0.6) is 5.75 Å². The Morgan fingerprint density at radius 2 is 1.57 bits per heavy atom. The number of nitrogens with zero attached hydrogens (tertiary/aromatic N) is 3. The van der Waals surface area contributed by atoms with Crippen molar-refractivity contribution in [3.8, 4) is 5.75 Å². The molecular weight excluding hydrogens is 711 g/mol. The predicted octanol–water partition coefficient (Wildman–Crippen LogP) is 5.22. The molecule has 1 aromatic heterocycles. The highest BCUT2D eigenvalue weighted by molar-refractivity contribution is 5.90. The summed E-state index contributed by atoms with van der Waals surface area (Å²) in [6, 6.07) is 30.7. The number of nitrogens with one attached hydrogen (secondary N) is 2. The van der Waals surface area contributed by atoms with Crippen molar-refractivity contribution >= 4 is 28.6 Å². The zero-order valence-electron chi connectivity index (χ0n) is 31.4. The highest BCUT2D eigenvalue weighted by Crippen LogP contribution is 2.37. The Morgan fingerprint density at radius 1 is 0.893 bits per heavy atom. The average molecular weight is 758 g/mol. The van der Waals surface area contributed by atoms with Crippen molar-refractivity contribution in [3.63, 3.8) is 0 Å². The van der Waals surface area contributed by atoms with Gasteiger partial charge in [-0.25, -0.2) is 0 Å². The molecule has 3 amide bonds. The molecule has 0 aliphatic carbocycles. The first-order valence-electron chi connectivity index (χ1n) is 18.9. The monoisotopic (exact) mass is 757 g/mol. The van der Waals surface area contributed by atoms with Crippen LogP contribution in [0, 0.1) is 11.8 Å². The molecule has 6 rings (SSSR count). The van der Waals surface area contributed by atoms with Gasteiger partial charge in [0, 0.05) is 49.4 Å². The van der Waals surface area contributed by atoms with Gasteiger partial charge in [0.2, 0.25) is 17.4 Å². The van der Waals surface area contributed by atoms with Crippen LogP contribution < -0.4 is 10.9 Å². The standard InChI is InChI=1S/C44H47N5O7/c1-30-8-5-6-9-33(30)29-49(23-7-22-45-28-38(51)35-16-18-37(50)42-36(35)17-19-39(52)46-42)41(54)27-32-14-12-31(13-15-32)26-40(53)48-24-20-44(21-25-48,43(55)47-56)34-10-3-2-4-11-34/h2-6,8-19,38,45,50-51H,7,20-29H2,1H3,(H,46,52)/t38-/m0/s1. The summed E-state index contributed by atoms with van der Waals surface area (Å²) in [7, 11) is 0. The molecule has 1 aliphatic heterocycles. The lowest BCUT2D eigenvalue weighted by Gasteiger charge is -2.39. The summed E-state index contributed by atoms with van der Waals surface area (Å²) in [5.41, 5.74) is 4.03. The number of likely N-dealkylation sites (tertiary alicyclic amines) is 1. The summed E-state index contributed by atoms with van der Waals surface area (Å²) >= 11 is 0. The van der Waals surface area contributed by atoms with E-state index in [1.807, 2.05) is 90.7 Å². The molecule has 1 saturated heterocycles. The minimum atomic E-state index is -1.02. The smallest absolute Gasteiger partial charge is 0.296 e. The summed E-state index contributed by atoms with van der Waals surface area (Å²) < 4.78 is 0. The molecule has 0 radical (unpaired) electrons. The number of aryl methyl sites for hydroxylation is 1. The molecule has 0 bridgehead atoms. The quantitative estimate of drug-likeness (QED) is 0.0832. The maximum Gasteiger partial charge on any atom is 0.296 e. The minimum absolute atomic E-state index is 0.0313. The largest absolute Gasteiger partial charge is 0.506 e. The van der Waals surface area contributed by atoms with E-state index in [4.69, 9.17) is 0 Å². The normalized spacial score (nSPS) is 14.3. The van der Waals surface area contributed by atoms with Crippen LogP contribution in [0.4, 0.5) is 0 Å². The molecule has 0 spiro atoms. The summed E-state index contributed by atoms with van der Waals surface area (Å²) in [5, 5.41) is 27.7. The molecule has 4 N–H and O–H groups in total. The molecule has 1 atom stereocenters. The Bertz CT molecular complexity index is 2230. The lowest BCUT2D eigenvalue weighted by Crippen LogP contribution is -2.49. The van der Waals surface area contributed by atoms with Crippen LogP contribution in [0.15, 0.2) is 113 Å². The minimum Gasteiger partial charge on any atom is -0.506 e. The summed E-state index contributed by atoms with van der Waals surface area (Å²) in [4.78, 5) is 69.0. The Kier molecular flexibility index (Phi) is 12.8. The van der Waals surface area contributed by atoms with Crippen molar-refractivity contribution in [2.24, 2.45) is 5.18 Å². The molecule has 0 unspecified atom stereocenters. The molecule has 4 aromatic carbocycles. The number of pyridine rings is 1. The number of rotatable bonds is 15. The number of nitroso groups, excluding NO2 is 1. The number of hydrogen-bond acceptors (Lipinski definition) is 8. The van der Waals surface area contributed by atoms with Crippen LogP contribution >= 0.6 is 0 Å². The summed E-state index contributed by atoms with van der Waals surface area (Å²) in [6.07, 6.45) is 0.768. The van der Waals surface area contributed by atoms with E-state index in [-0.39, 0.29) is 48.0 Å². The van der Waals surface area contributed by atoms with E-state index < -0.39 is 17.4 Å². The molecule has 56 heavy (non-hydrogen) atoms. The van der Waals surface area contributed by atoms with E-state index >= 15 is 0 Å². The first-order valence-corrected chi connectivity index (χ1v) is 18.9. The maximum atomic E-state index is 13.8. The number of phenolic OH excluding ortho intramolecular Hbond substituents is 1. The van der Waals surface area contributed by atoms with E-state index in [9.17, 15) is 34.3 Å². The van der Waals surface area contributed by atoms with E-state index in [1.54, 1.807) is 17.0 Å². The summed E-state index contributed by atoms with van der Waals surface area (Å²) in [5.74, 6) is -0.870. The lowest BCUT2D eigenvalue weighted by molar-refractivity contribution is -0.135. The number of benzene rings is 4. The third kappa shape index (κ3) is 9.27. The van der Waals surface area contributed by atoms with Crippen LogP contribution in [0.25, 0.3) is 10.9 Å². The van der Waals surface area contributed by atoms with Crippen LogP contribution in [0.2, 0.25) is 0 Å². The van der Waals surface area contributed by atoms with Gasteiger partial charge in [-0.2, -0.15) is 0 Å². The number of carbonyl (C=O) groups is 3. The van der Waals surface area contributed by atoms with Crippen molar-refractivity contribution < 1.29 is 24.6 Å². The molecule has 12 nitrogen and oxygen atoms in total. The highest BCUT2D eigenvalue weighted by Gasteiger charge is 2.44. The Balaban J connectivity index is 1.02. The third-order valence-electron chi connectivity index (χ3n) is 10.9. The number of aliphatic hydroxyl groups excluding tert-OH is 1. The fourth-order valence-corrected chi connectivity index (χ4v) is 7.53. The first-order chi connectivity index (χ1) is 27.1. The highest BCUT2D eigenvalue weighted by atomic mass is 16.3. The van der Waals surface area contributed by atoms with Crippen LogP contribution in [0.3, 0.4) is 0 Å². The molecule has 12 heteroatoms. The molecule has 0 saturated carbocycles. The average Bonchev–Trinajstić information content (AvgIpc) is 3.21. The van der Waals surface area contributed by atoms with Gasteiger partial charge in [0.25, 0.3) is 5.91 Å². The zero-order chi connectivity index (χ0) is 39.7. The number of H-pyrrole nitrogens is 1. The van der Waals surface area contributed by atoms with Crippen molar-refractivity contribution in [2.45, 2.75) is 57.1 Å².